The van der Waals surface area contributed by atoms with Crippen LogP contribution in [-0.4, -0.2) is 43.6 Å². The topological polar surface area (TPSA) is 98.5 Å². The number of hydrogen-bond donors (Lipinski definition) is 1. The molecule has 2 heterocycles. The molecular weight excluding hydrogens is 344 g/mol. The third kappa shape index (κ3) is 3.39. The van der Waals surface area contributed by atoms with Crippen molar-refractivity contribution in [2.24, 2.45) is 0 Å². The lowest BCUT2D eigenvalue weighted by molar-refractivity contribution is 0.0914. The Hall–Kier alpha value is -2.35. The first-order valence-electron chi connectivity index (χ1n) is 7.87. The van der Waals surface area contributed by atoms with Crippen molar-refractivity contribution in [3.05, 3.63) is 35.6 Å². The third-order valence-electron chi connectivity index (χ3n) is 4.37. The first kappa shape index (κ1) is 17.5. The summed E-state index contributed by atoms with van der Waals surface area (Å²) in [5, 5.41) is 6.85. The van der Waals surface area contributed by atoms with Gasteiger partial charge < -0.3 is 14.6 Å². The molecule has 1 atom stereocenters. The van der Waals surface area contributed by atoms with Gasteiger partial charge in [0, 0.05) is 5.56 Å². The zero-order chi connectivity index (χ0) is 18.2. The average Bonchev–Trinajstić information content (AvgIpc) is 3.06. The average molecular weight is 364 g/mol. The fourth-order valence-corrected chi connectivity index (χ4v) is 5.20. The Morgan fingerprint density at radius 2 is 2.08 bits per heavy atom. The van der Waals surface area contributed by atoms with E-state index in [-0.39, 0.29) is 17.1 Å². The first-order chi connectivity index (χ1) is 11.7. The van der Waals surface area contributed by atoms with Crippen molar-refractivity contribution < 1.29 is 22.5 Å². The van der Waals surface area contributed by atoms with Gasteiger partial charge in [0.05, 0.1) is 24.2 Å². The molecule has 0 unspecified atom stereocenters. The molecule has 8 heteroatoms. The molecule has 1 aromatic carbocycles. The zero-order valence-corrected chi connectivity index (χ0v) is 15.1. The summed E-state index contributed by atoms with van der Waals surface area (Å²) in [6.07, 6.45) is 0.384. The van der Waals surface area contributed by atoms with Crippen molar-refractivity contribution in [3.8, 4) is 17.0 Å². The summed E-state index contributed by atoms with van der Waals surface area (Å²) in [5.74, 6) is 0.535. The van der Waals surface area contributed by atoms with Gasteiger partial charge in [-0.2, -0.15) is 0 Å². The molecule has 1 amide bonds. The number of benzene rings is 1. The number of nitrogens with one attached hydrogen (secondary N) is 1. The molecule has 1 N–H and O–H groups in total. The lowest BCUT2D eigenvalue weighted by atomic mass is 9.99. The third-order valence-corrected chi connectivity index (χ3v) is 6.27. The maximum Gasteiger partial charge on any atom is 0.257 e. The fourth-order valence-electron chi connectivity index (χ4n) is 3.11. The van der Waals surface area contributed by atoms with Gasteiger partial charge >= 0.3 is 0 Å². The Kier molecular flexibility index (Phi) is 4.32. The number of aryl methyl sites for hydroxylation is 1. The molecule has 0 aliphatic carbocycles. The Balaban J connectivity index is 1.96. The van der Waals surface area contributed by atoms with Crippen LogP contribution in [0.25, 0.3) is 11.3 Å². The number of hydrogen-bond acceptors (Lipinski definition) is 6. The van der Waals surface area contributed by atoms with E-state index in [1.165, 1.54) is 7.11 Å². The second-order valence-corrected chi connectivity index (χ2v) is 8.70. The van der Waals surface area contributed by atoms with Crippen molar-refractivity contribution in [3.63, 3.8) is 0 Å². The molecule has 1 saturated heterocycles. The van der Waals surface area contributed by atoms with Gasteiger partial charge in [0.1, 0.15) is 22.8 Å². The summed E-state index contributed by atoms with van der Waals surface area (Å²) in [6, 6.07) is 7.19. The van der Waals surface area contributed by atoms with Gasteiger partial charge in [-0.1, -0.05) is 17.3 Å². The molecule has 7 nitrogen and oxygen atoms in total. The molecule has 1 aliphatic rings. The minimum atomic E-state index is -3.13. The lowest BCUT2D eigenvalue weighted by Crippen LogP contribution is -2.47. The van der Waals surface area contributed by atoms with Crippen molar-refractivity contribution in [1.29, 1.82) is 0 Å². The van der Waals surface area contributed by atoms with Gasteiger partial charge in [-0.25, -0.2) is 8.42 Å². The van der Waals surface area contributed by atoms with Crippen LogP contribution >= 0.6 is 0 Å². The van der Waals surface area contributed by atoms with E-state index in [0.717, 1.165) is 0 Å². The maximum absolute atomic E-state index is 12.8. The molecule has 1 fully saturated rings. The fraction of sp³-hybridized carbons (Fsp3) is 0.412. The van der Waals surface area contributed by atoms with Gasteiger partial charge in [-0.05, 0) is 32.4 Å². The summed E-state index contributed by atoms with van der Waals surface area (Å²) in [5.41, 5.74) is 0.501. The number of nitrogens with zero attached hydrogens (tertiary/aromatic N) is 1. The van der Waals surface area contributed by atoms with Crippen LogP contribution in [0.3, 0.4) is 0 Å². The van der Waals surface area contributed by atoms with E-state index in [4.69, 9.17) is 9.26 Å². The second kappa shape index (κ2) is 6.18. The Morgan fingerprint density at radius 1 is 1.36 bits per heavy atom. The lowest BCUT2D eigenvalue weighted by Gasteiger charge is -2.23. The highest BCUT2D eigenvalue weighted by Crippen LogP contribution is 2.33. The number of rotatable bonds is 4. The van der Waals surface area contributed by atoms with Gasteiger partial charge in [-0.15, -0.1) is 0 Å². The van der Waals surface area contributed by atoms with Gasteiger partial charge in [0.2, 0.25) is 0 Å². The Morgan fingerprint density at radius 3 is 2.72 bits per heavy atom. The van der Waals surface area contributed by atoms with E-state index in [2.05, 4.69) is 10.5 Å². The monoisotopic (exact) mass is 364 g/mol. The summed E-state index contributed by atoms with van der Waals surface area (Å²) in [4.78, 5) is 12.8. The van der Waals surface area contributed by atoms with Crippen LogP contribution in [0.15, 0.2) is 28.8 Å². The second-order valence-electron chi connectivity index (χ2n) is 6.52. The maximum atomic E-state index is 12.8. The van der Waals surface area contributed by atoms with Crippen LogP contribution in [0.1, 0.15) is 29.5 Å². The largest absolute Gasteiger partial charge is 0.496 e. The predicted molar refractivity (Wildman–Crippen MR) is 92.4 cm³/mol. The molecular formula is C17H20N2O5S. The number of ether oxygens (including phenoxy) is 1. The number of sulfone groups is 1. The predicted octanol–water partition coefficient (Wildman–Crippen LogP) is 1.97. The van der Waals surface area contributed by atoms with E-state index >= 15 is 0 Å². The van der Waals surface area contributed by atoms with Crippen LogP contribution in [0.2, 0.25) is 0 Å². The number of carbonyl (C=O) groups excluding carboxylic acids is 1. The van der Waals surface area contributed by atoms with Crippen LogP contribution in [0, 0.1) is 6.92 Å². The molecule has 0 bridgehead atoms. The van der Waals surface area contributed by atoms with Gasteiger partial charge in [-0.3, -0.25) is 4.79 Å². The summed E-state index contributed by atoms with van der Waals surface area (Å²) in [6.45, 7) is 3.38. The molecule has 0 radical (unpaired) electrons. The van der Waals surface area contributed by atoms with Crippen molar-refractivity contribution in [1.82, 2.24) is 10.5 Å². The minimum absolute atomic E-state index is 0.0694. The van der Waals surface area contributed by atoms with Crippen molar-refractivity contribution in [2.45, 2.75) is 25.8 Å². The van der Waals surface area contributed by atoms with Crippen LogP contribution in [-0.2, 0) is 9.84 Å². The molecule has 3 rings (SSSR count). The summed E-state index contributed by atoms with van der Waals surface area (Å²) < 4.78 is 34.1. The normalized spacial score (nSPS) is 21.9. The number of aromatic nitrogens is 1. The number of para-hydroxylation sites is 1. The van der Waals surface area contributed by atoms with Crippen LogP contribution < -0.4 is 10.1 Å². The summed E-state index contributed by atoms with van der Waals surface area (Å²) in [7, 11) is -1.59. The summed E-state index contributed by atoms with van der Waals surface area (Å²) >= 11 is 0. The minimum Gasteiger partial charge on any atom is -0.496 e. The molecule has 134 valence electrons. The van der Waals surface area contributed by atoms with Crippen LogP contribution in [0.4, 0.5) is 0 Å². The van der Waals surface area contributed by atoms with E-state index in [0.29, 0.717) is 29.2 Å². The molecule has 0 spiro atoms. The van der Waals surface area contributed by atoms with E-state index in [9.17, 15) is 13.2 Å². The standard InChI is InChI=1S/C17H20N2O5S/c1-11-14(16(20)18-17(2)8-9-25(21,22)10-17)15(19-24-11)12-6-4-5-7-13(12)23-3/h4-7H,8-10H2,1-3H3,(H,18,20)/t17-/m1/s1. The van der Waals surface area contributed by atoms with Crippen molar-refractivity contribution >= 4 is 15.7 Å². The highest BCUT2D eigenvalue weighted by molar-refractivity contribution is 7.91. The number of carbonyl (C=O) groups is 1. The molecule has 2 aromatic rings. The highest BCUT2D eigenvalue weighted by Gasteiger charge is 2.40. The molecule has 1 aromatic heterocycles. The number of methoxy groups -OCH3 is 1. The van der Waals surface area contributed by atoms with E-state index in [1.807, 2.05) is 12.1 Å². The number of amides is 1. The van der Waals surface area contributed by atoms with E-state index in [1.54, 1.807) is 26.0 Å². The van der Waals surface area contributed by atoms with Gasteiger partial charge in [0.15, 0.2) is 9.84 Å². The van der Waals surface area contributed by atoms with Gasteiger partial charge in [0.25, 0.3) is 5.91 Å². The van der Waals surface area contributed by atoms with E-state index < -0.39 is 21.3 Å². The van der Waals surface area contributed by atoms with Crippen LogP contribution in [0.5, 0.6) is 5.75 Å². The zero-order valence-electron chi connectivity index (χ0n) is 14.3. The smallest absolute Gasteiger partial charge is 0.257 e. The molecule has 25 heavy (non-hydrogen) atoms. The molecule has 0 saturated carbocycles. The highest BCUT2D eigenvalue weighted by atomic mass is 32.2. The Labute approximate surface area is 146 Å². The first-order valence-corrected chi connectivity index (χ1v) is 9.69. The SMILES string of the molecule is COc1ccccc1-c1noc(C)c1C(=O)N[C@]1(C)CCS(=O)(=O)C1. The van der Waals surface area contributed by atoms with Crippen molar-refractivity contribution in [2.75, 3.05) is 18.6 Å². The Bertz CT molecular complexity index is 919. The molecule has 1 aliphatic heterocycles. The quantitative estimate of drug-likeness (QED) is 0.890.